The number of carbonyl (C=O) groups is 1. The monoisotopic (exact) mass is 357 g/mol. The molecule has 1 unspecified atom stereocenters. The van der Waals surface area contributed by atoms with Crippen LogP contribution >= 0.6 is 12.2 Å². The molecule has 3 nitrogen and oxygen atoms in total. The number of carboxylic acid groups (broad SMARTS) is 1. The number of hydrogen-bond donors (Lipinski definition) is 2. The van der Waals surface area contributed by atoms with Gasteiger partial charge < -0.3 is 10.4 Å². The van der Waals surface area contributed by atoms with Crippen molar-refractivity contribution in [2.75, 3.05) is 6.54 Å². The molecule has 0 bridgehead atoms. The van der Waals surface area contributed by atoms with Crippen LogP contribution in [-0.2, 0) is 4.79 Å². The first kappa shape index (κ1) is 23.5. The van der Waals surface area contributed by atoms with Crippen molar-refractivity contribution in [3.8, 4) is 0 Å². The van der Waals surface area contributed by atoms with Crippen molar-refractivity contribution >= 4 is 23.1 Å². The second kappa shape index (κ2) is 13.8. The van der Waals surface area contributed by atoms with Gasteiger partial charge in [-0.2, -0.15) is 0 Å². The maximum Gasteiger partial charge on any atom is 0.320 e. The van der Waals surface area contributed by atoms with E-state index in [1.54, 1.807) is 0 Å². The summed E-state index contributed by atoms with van der Waals surface area (Å²) in [5.41, 5.74) is 0.458. The normalized spacial score (nSPS) is 13.0. The van der Waals surface area contributed by atoms with Crippen molar-refractivity contribution in [3.63, 3.8) is 0 Å². The van der Waals surface area contributed by atoms with Crippen LogP contribution < -0.4 is 5.32 Å². The highest BCUT2D eigenvalue weighted by Crippen LogP contribution is 2.22. The van der Waals surface area contributed by atoms with Gasteiger partial charge in [-0.3, -0.25) is 4.79 Å². The summed E-state index contributed by atoms with van der Waals surface area (Å²) >= 11 is 5.46. The minimum absolute atomic E-state index is 0.393. The van der Waals surface area contributed by atoms with Crippen molar-refractivity contribution in [1.82, 2.24) is 5.32 Å². The SMILES string of the molecule is CCCC(NCCCCC(=S)CCCCCCC(C)(C)C)C(=O)O. The molecule has 0 aromatic carbocycles. The lowest BCUT2D eigenvalue weighted by Crippen LogP contribution is -2.37. The molecule has 0 aromatic heterocycles. The van der Waals surface area contributed by atoms with Gasteiger partial charge in [-0.15, -0.1) is 0 Å². The van der Waals surface area contributed by atoms with E-state index in [2.05, 4.69) is 26.1 Å². The molecule has 0 saturated carbocycles. The first-order chi connectivity index (χ1) is 11.3. The molecule has 24 heavy (non-hydrogen) atoms. The Kier molecular flexibility index (Phi) is 13.5. The molecule has 0 spiro atoms. The highest BCUT2D eigenvalue weighted by atomic mass is 32.1. The van der Waals surface area contributed by atoms with Gasteiger partial charge in [0.2, 0.25) is 0 Å². The van der Waals surface area contributed by atoms with Crippen molar-refractivity contribution in [1.29, 1.82) is 0 Å². The third-order valence-corrected chi connectivity index (χ3v) is 4.69. The van der Waals surface area contributed by atoms with Crippen molar-refractivity contribution in [2.45, 2.75) is 104 Å². The fourth-order valence-electron chi connectivity index (χ4n) is 2.78. The summed E-state index contributed by atoms with van der Waals surface area (Å²) in [4.78, 5) is 12.2. The second-order valence-electron chi connectivity index (χ2n) is 8.10. The zero-order valence-electron chi connectivity index (χ0n) is 16.3. The van der Waals surface area contributed by atoms with Gasteiger partial charge in [-0.1, -0.05) is 65.6 Å². The predicted octanol–water partition coefficient (Wildman–Crippen LogP) is 5.76. The summed E-state index contributed by atoms with van der Waals surface area (Å²) in [6.45, 7) is 9.69. The van der Waals surface area contributed by atoms with Crippen LogP contribution in [0.4, 0.5) is 0 Å². The van der Waals surface area contributed by atoms with E-state index < -0.39 is 12.0 Å². The highest BCUT2D eigenvalue weighted by Gasteiger charge is 2.14. The Bertz CT molecular complexity index is 350. The summed E-state index contributed by atoms with van der Waals surface area (Å²) in [6.07, 6.45) is 12.2. The largest absolute Gasteiger partial charge is 0.480 e. The van der Waals surface area contributed by atoms with Gasteiger partial charge in [0.15, 0.2) is 0 Å². The van der Waals surface area contributed by atoms with E-state index in [-0.39, 0.29) is 0 Å². The van der Waals surface area contributed by atoms with Gasteiger partial charge in [-0.25, -0.2) is 0 Å². The zero-order valence-corrected chi connectivity index (χ0v) is 17.1. The van der Waals surface area contributed by atoms with Crippen LogP contribution in [0, 0.1) is 5.41 Å². The molecule has 0 radical (unpaired) electrons. The number of aliphatic carboxylic acids is 1. The topological polar surface area (TPSA) is 49.3 Å². The smallest absolute Gasteiger partial charge is 0.320 e. The standard InChI is InChI=1S/C20H39NO2S/c1-5-12-18(19(22)23)21-16-11-9-14-17(24)13-8-6-7-10-15-20(2,3)4/h18,21H,5-16H2,1-4H3,(H,22,23). The van der Waals surface area contributed by atoms with Crippen LogP contribution in [0.15, 0.2) is 0 Å². The molecule has 0 fully saturated rings. The fourth-order valence-corrected chi connectivity index (χ4v) is 3.07. The van der Waals surface area contributed by atoms with Gasteiger partial charge in [-0.05, 0) is 61.8 Å². The number of carboxylic acids is 1. The Morgan fingerprint density at radius 2 is 1.62 bits per heavy atom. The number of hydrogen-bond acceptors (Lipinski definition) is 3. The number of rotatable bonds is 15. The fraction of sp³-hybridized carbons (Fsp3) is 0.900. The molecule has 142 valence electrons. The van der Waals surface area contributed by atoms with Crippen LogP contribution in [-0.4, -0.2) is 28.5 Å². The molecule has 0 heterocycles. The van der Waals surface area contributed by atoms with Gasteiger partial charge in [0.25, 0.3) is 0 Å². The number of nitrogens with one attached hydrogen (secondary N) is 1. The molecule has 0 aliphatic heterocycles. The van der Waals surface area contributed by atoms with Crippen LogP contribution in [0.3, 0.4) is 0 Å². The molecule has 0 aliphatic carbocycles. The van der Waals surface area contributed by atoms with Crippen molar-refractivity contribution in [3.05, 3.63) is 0 Å². The van der Waals surface area contributed by atoms with E-state index in [9.17, 15) is 4.79 Å². The lowest BCUT2D eigenvalue weighted by molar-refractivity contribution is -0.139. The van der Waals surface area contributed by atoms with Gasteiger partial charge >= 0.3 is 5.97 Å². The average Bonchev–Trinajstić information content (AvgIpc) is 2.48. The van der Waals surface area contributed by atoms with E-state index >= 15 is 0 Å². The molecule has 1 atom stereocenters. The van der Waals surface area contributed by atoms with E-state index in [1.165, 1.54) is 37.0 Å². The summed E-state index contributed by atoms with van der Waals surface area (Å²) in [6, 6.07) is -0.393. The molecule has 2 N–H and O–H groups in total. The summed E-state index contributed by atoms with van der Waals surface area (Å²) in [5, 5.41) is 12.2. The molecular formula is C20H39NO2S. The quantitative estimate of drug-likeness (QED) is 0.289. The minimum Gasteiger partial charge on any atom is -0.480 e. The Balaban J connectivity index is 3.51. The Morgan fingerprint density at radius 1 is 1.04 bits per heavy atom. The van der Waals surface area contributed by atoms with E-state index in [1.807, 2.05) is 6.92 Å². The lowest BCUT2D eigenvalue weighted by Gasteiger charge is -2.17. The summed E-state index contributed by atoms with van der Waals surface area (Å²) in [7, 11) is 0. The molecule has 0 amide bonds. The van der Waals surface area contributed by atoms with Crippen LogP contribution in [0.2, 0.25) is 0 Å². The van der Waals surface area contributed by atoms with Crippen LogP contribution in [0.25, 0.3) is 0 Å². The molecule has 0 aromatic rings. The second-order valence-corrected chi connectivity index (χ2v) is 8.68. The summed E-state index contributed by atoms with van der Waals surface area (Å²) in [5.74, 6) is -0.737. The Labute approximate surface area is 155 Å². The first-order valence-corrected chi connectivity index (χ1v) is 10.1. The first-order valence-electron chi connectivity index (χ1n) is 9.74. The maximum absolute atomic E-state index is 11.0. The third-order valence-electron chi connectivity index (χ3n) is 4.28. The van der Waals surface area contributed by atoms with E-state index in [0.717, 1.165) is 38.6 Å². The molecular weight excluding hydrogens is 318 g/mol. The molecule has 0 rings (SSSR count). The van der Waals surface area contributed by atoms with Crippen molar-refractivity contribution in [2.24, 2.45) is 5.41 Å². The third kappa shape index (κ3) is 15.1. The maximum atomic E-state index is 11.0. The van der Waals surface area contributed by atoms with Gasteiger partial charge in [0.1, 0.15) is 6.04 Å². The Hall–Kier alpha value is -0.480. The lowest BCUT2D eigenvalue weighted by atomic mass is 9.89. The summed E-state index contributed by atoms with van der Waals surface area (Å²) < 4.78 is 0. The number of thiocarbonyl (C=S) groups is 1. The molecule has 4 heteroatoms. The Morgan fingerprint density at radius 3 is 2.17 bits per heavy atom. The van der Waals surface area contributed by atoms with Gasteiger partial charge in [0, 0.05) is 0 Å². The van der Waals surface area contributed by atoms with Gasteiger partial charge in [0.05, 0.1) is 0 Å². The van der Waals surface area contributed by atoms with E-state index in [0.29, 0.717) is 11.8 Å². The molecule has 0 saturated heterocycles. The van der Waals surface area contributed by atoms with E-state index in [4.69, 9.17) is 17.3 Å². The number of unbranched alkanes of at least 4 members (excludes halogenated alkanes) is 4. The highest BCUT2D eigenvalue weighted by molar-refractivity contribution is 7.80. The minimum atomic E-state index is -0.737. The predicted molar refractivity (Wildman–Crippen MR) is 108 cm³/mol. The van der Waals surface area contributed by atoms with Crippen LogP contribution in [0.1, 0.15) is 98.3 Å². The van der Waals surface area contributed by atoms with Crippen LogP contribution in [0.5, 0.6) is 0 Å². The average molecular weight is 358 g/mol. The zero-order chi connectivity index (χ0) is 18.4. The molecule has 0 aliphatic rings. The van der Waals surface area contributed by atoms with Crippen molar-refractivity contribution < 1.29 is 9.90 Å².